The van der Waals surface area contributed by atoms with Crippen LogP contribution in [0.4, 0.5) is 0 Å². The highest BCUT2D eigenvalue weighted by Gasteiger charge is 2.24. The van der Waals surface area contributed by atoms with Crippen molar-refractivity contribution in [2.75, 3.05) is 26.8 Å². The zero-order valence-corrected chi connectivity index (χ0v) is 10.8. The fraction of sp³-hybridized carbons (Fsp3) is 0.750. The van der Waals surface area contributed by atoms with E-state index in [0.717, 1.165) is 19.0 Å². The molecule has 5 nitrogen and oxygen atoms in total. The van der Waals surface area contributed by atoms with Gasteiger partial charge in [0.05, 0.1) is 19.3 Å². The molecule has 0 aliphatic carbocycles. The number of rotatable bonds is 5. The summed E-state index contributed by atoms with van der Waals surface area (Å²) in [4.78, 5) is 0. The first kappa shape index (κ1) is 12.4. The Kier molecular flexibility index (Phi) is 4.02. The van der Waals surface area contributed by atoms with E-state index in [2.05, 4.69) is 24.3 Å². The summed E-state index contributed by atoms with van der Waals surface area (Å²) in [6.45, 7) is 7.27. The number of hydrogen-bond acceptors (Lipinski definition) is 4. The van der Waals surface area contributed by atoms with Gasteiger partial charge in [-0.3, -0.25) is 0 Å². The number of fused-ring (bicyclic) bond motifs is 1. The summed E-state index contributed by atoms with van der Waals surface area (Å²) in [5, 5.41) is 7.41. The van der Waals surface area contributed by atoms with Crippen molar-refractivity contribution < 1.29 is 9.47 Å². The van der Waals surface area contributed by atoms with E-state index >= 15 is 0 Å². The standard InChI is InChI=1S/C12H21N3O2/c1-9(2)11-6-14-15-7-10(8-17-12(11)15)16-5-4-13-3/h6,9-10,13H,4-5,7-8H2,1-3H3/t10-/m1/s1. The number of aromatic nitrogens is 2. The van der Waals surface area contributed by atoms with Crippen molar-refractivity contribution in [1.82, 2.24) is 15.1 Å². The summed E-state index contributed by atoms with van der Waals surface area (Å²) in [6.07, 6.45) is 2.01. The zero-order chi connectivity index (χ0) is 12.3. The maximum atomic E-state index is 5.75. The molecule has 1 aromatic rings. The first-order chi connectivity index (χ1) is 8.22. The molecule has 0 spiro atoms. The Labute approximate surface area is 102 Å². The van der Waals surface area contributed by atoms with Crippen LogP contribution >= 0.6 is 0 Å². The highest BCUT2D eigenvalue weighted by Crippen LogP contribution is 2.28. The molecule has 5 heteroatoms. The first-order valence-corrected chi connectivity index (χ1v) is 6.17. The molecule has 0 amide bonds. The smallest absolute Gasteiger partial charge is 0.215 e. The Morgan fingerprint density at radius 3 is 3.18 bits per heavy atom. The van der Waals surface area contributed by atoms with Gasteiger partial charge in [0.25, 0.3) is 0 Å². The second-order valence-corrected chi connectivity index (χ2v) is 4.65. The van der Waals surface area contributed by atoms with Gasteiger partial charge in [-0.05, 0) is 13.0 Å². The summed E-state index contributed by atoms with van der Waals surface area (Å²) < 4.78 is 13.4. The molecule has 1 N–H and O–H groups in total. The van der Waals surface area contributed by atoms with Crippen LogP contribution in [0.3, 0.4) is 0 Å². The van der Waals surface area contributed by atoms with Crippen LogP contribution in [-0.2, 0) is 11.3 Å². The van der Waals surface area contributed by atoms with Crippen LogP contribution in [0.25, 0.3) is 0 Å². The molecule has 0 radical (unpaired) electrons. The second-order valence-electron chi connectivity index (χ2n) is 4.65. The molecule has 1 aliphatic heterocycles. The predicted octanol–water partition coefficient (Wildman–Crippen LogP) is 1.00. The van der Waals surface area contributed by atoms with Crippen molar-refractivity contribution in [2.45, 2.75) is 32.4 Å². The molecule has 1 aromatic heterocycles. The lowest BCUT2D eigenvalue weighted by atomic mass is 10.1. The van der Waals surface area contributed by atoms with Crippen LogP contribution in [0, 0.1) is 0 Å². The minimum Gasteiger partial charge on any atom is -0.475 e. The first-order valence-electron chi connectivity index (χ1n) is 6.17. The molecular formula is C12H21N3O2. The lowest BCUT2D eigenvalue weighted by molar-refractivity contribution is -0.0108. The van der Waals surface area contributed by atoms with Crippen LogP contribution in [-0.4, -0.2) is 42.7 Å². The van der Waals surface area contributed by atoms with Crippen molar-refractivity contribution in [3.05, 3.63) is 11.8 Å². The lowest BCUT2D eigenvalue weighted by Gasteiger charge is -2.25. The van der Waals surface area contributed by atoms with Gasteiger partial charge in [-0.25, -0.2) is 4.68 Å². The van der Waals surface area contributed by atoms with Crippen LogP contribution < -0.4 is 10.1 Å². The average molecular weight is 239 g/mol. The van der Waals surface area contributed by atoms with E-state index < -0.39 is 0 Å². The van der Waals surface area contributed by atoms with Crippen molar-refractivity contribution >= 4 is 0 Å². The number of likely N-dealkylation sites (N-methyl/N-ethyl adjacent to an activating group) is 1. The van der Waals surface area contributed by atoms with E-state index in [4.69, 9.17) is 9.47 Å². The number of hydrogen-bond donors (Lipinski definition) is 1. The normalized spacial score (nSPS) is 19.2. The van der Waals surface area contributed by atoms with Gasteiger partial charge in [0.2, 0.25) is 5.88 Å². The summed E-state index contributed by atoms with van der Waals surface area (Å²) in [5.74, 6) is 1.36. The number of ether oxygens (including phenoxy) is 2. The zero-order valence-electron chi connectivity index (χ0n) is 10.8. The van der Waals surface area contributed by atoms with Gasteiger partial charge in [0, 0.05) is 12.1 Å². The van der Waals surface area contributed by atoms with Gasteiger partial charge >= 0.3 is 0 Å². The maximum absolute atomic E-state index is 5.75. The second kappa shape index (κ2) is 5.51. The number of nitrogens with one attached hydrogen (secondary N) is 1. The molecule has 0 saturated heterocycles. The number of nitrogens with zero attached hydrogens (tertiary/aromatic N) is 2. The third kappa shape index (κ3) is 2.79. The Bertz CT molecular complexity index is 363. The van der Waals surface area contributed by atoms with Gasteiger partial charge in [-0.1, -0.05) is 13.8 Å². The molecule has 0 bridgehead atoms. The molecule has 1 atom stereocenters. The maximum Gasteiger partial charge on any atom is 0.215 e. The molecule has 2 rings (SSSR count). The summed E-state index contributed by atoms with van der Waals surface area (Å²) >= 11 is 0. The van der Waals surface area contributed by atoms with E-state index in [0.29, 0.717) is 19.1 Å². The van der Waals surface area contributed by atoms with Crippen molar-refractivity contribution in [2.24, 2.45) is 0 Å². The Hall–Kier alpha value is -1.07. The van der Waals surface area contributed by atoms with E-state index in [9.17, 15) is 0 Å². The monoisotopic (exact) mass is 239 g/mol. The van der Waals surface area contributed by atoms with Crippen LogP contribution in [0.5, 0.6) is 5.88 Å². The summed E-state index contributed by atoms with van der Waals surface area (Å²) in [7, 11) is 1.92. The molecule has 0 aromatic carbocycles. The molecule has 0 unspecified atom stereocenters. The molecule has 0 fully saturated rings. The van der Waals surface area contributed by atoms with E-state index in [-0.39, 0.29) is 6.10 Å². The summed E-state index contributed by atoms with van der Waals surface area (Å²) in [5.41, 5.74) is 1.18. The highest BCUT2D eigenvalue weighted by atomic mass is 16.5. The molecule has 96 valence electrons. The van der Waals surface area contributed by atoms with E-state index in [1.165, 1.54) is 5.56 Å². The lowest BCUT2D eigenvalue weighted by Crippen LogP contribution is -2.34. The van der Waals surface area contributed by atoms with Crippen molar-refractivity contribution in [3.63, 3.8) is 0 Å². The molecule has 17 heavy (non-hydrogen) atoms. The van der Waals surface area contributed by atoms with Crippen LogP contribution in [0.15, 0.2) is 6.20 Å². The minimum atomic E-state index is 0.107. The SMILES string of the molecule is CNCCO[C@H]1COc2c(C(C)C)cnn2C1. The van der Waals surface area contributed by atoms with Gasteiger partial charge in [0.15, 0.2) is 0 Å². The third-order valence-corrected chi connectivity index (χ3v) is 2.93. The fourth-order valence-corrected chi connectivity index (χ4v) is 1.92. The molecule has 2 heterocycles. The fourth-order valence-electron chi connectivity index (χ4n) is 1.92. The highest BCUT2D eigenvalue weighted by molar-refractivity contribution is 5.28. The average Bonchev–Trinajstić information content (AvgIpc) is 2.72. The largest absolute Gasteiger partial charge is 0.475 e. The van der Waals surface area contributed by atoms with E-state index in [1.54, 1.807) is 0 Å². The van der Waals surface area contributed by atoms with Gasteiger partial charge in [0.1, 0.15) is 12.7 Å². The van der Waals surface area contributed by atoms with Gasteiger partial charge in [-0.2, -0.15) is 5.10 Å². The van der Waals surface area contributed by atoms with Crippen molar-refractivity contribution in [1.29, 1.82) is 0 Å². The van der Waals surface area contributed by atoms with Crippen molar-refractivity contribution in [3.8, 4) is 5.88 Å². The minimum absolute atomic E-state index is 0.107. The predicted molar refractivity (Wildman–Crippen MR) is 65.5 cm³/mol. The van der Waals surface area contributed by atoms with Crippen LogP contribution in [0.1, 0.15) is 25.3 Å². The van der Waals surface area contributed by atoms with Crippen LogP contribution in [0.2, 0.25) is 0 Å². The molecule has 0 saturated carbocycles. The third-order valence-electron chi connectivity index (χ3n) is 2.93. The Morgan fingerprint density at radius 2 is 2.47 bits per heavy atom. The van der Waals surface area contributed by atoms with Gasteiger partial charge < -0.3 is 14.8 Å². The summed E-state index contributed by atoms with van der Waals surface area (Å²) in [6, 6.07) is 0. The molecule has 1 aliphatic rings. The van der Waals surface area contributed by atoms with E-state index in [1.807, 2.05) is 17.9 Å². The Morgan fingerprint density at radius 1 is 1.65 bits per heavy atom. The quantitative estimate of drug-likeness (QED) is 0.779. The topological polar surface area (TPSA) is 48.3 Å². The molecular weight excluding hydrogens is 218 g/mol. The Balaban J connectivity index is 1.95. The van der Waals surface area contributed by atoms with Gasteiger partial charge in [-0.15, -0.1) is 0 Å².